The van der Waals surface area contributed by atoms with Crippen molar-refractivity contribution in [3.05, 3.63) is 35.8 Å². The van der Waals surface area contributed by atoms with Gasteiger partial charge < -0.3 is 14.5 Å². The summed E-state index contributed by atoms with van der Waals surface area (Å²) < 4.78 is 7.28. The number of ether oxygens (including phenoxy) is 1. The third-order valence-corrected chi connectivity index (χ3v) is 2.81. The summed E-state index contributed by atoms with van der Waals surface area (Å²) in [4.78, 5) is 16.1. The molecule has 2 aromatic rings. The molecule has 2 aromatic heterocycles. The van der Waals surface area contributed by atoms with Crippen molar-refractivity contribution in [1.29, 1.82) is 0 Å². The first-order valence-corrected chi connectivity index (χ1v) is 6.72. The number of fused-ring (bicyclic) bond motifs is 1. The van der Waals surface area contributed by atoms with Crippen molar-refractivity contribution >= 4 is 11.6 Å². The standard InChI is InChI=1S/C15H21N3O2/c1-11-12(18-8-6-5-7-13(18)17-11)9-16-10-14(19)20-15(2,3)4/h5-8,16H,9-10H2,1-4H3. The van der Waals surface area contributed by atoms with E-state index in [-0.39, 0.29) is 12.5 Å². The fourth-order valence-electron chi connectivity index (χ4n) is 2.04. The molecule has 5 nitrogen and oxygen atoms in total. The number of aryl methyl sites for hydroxylation is 1. The Morgan fingerprint density at radius 1 is 1.40 bits per heavy atom. The molecule has 2 heterocycles. The summed E-state index contributed by atoms with van der Waals surface area (Å²) in [5.74, 6) is -0.246. The summed E-state index contributed by atoms with van der Waals surface area (Å²) in [5, 5.41) is 3.11. The second kappa shape index (κ2) is 5.63. The van der Waals surface area contributed by atoms with Gasteiger partial charge >= 0.3 is 5.97 Å². The predicted octanol–water partition coefficient (Wildman–Crippen LogP) is 2.07. The first kappa shape index (κ1) is 14.5. The summed E-state index contributed by atoms with van der Waals surface area (Å²) in [7, 11) is 0. The molecule has 1 N–H and O–H groups in total. The van der Waals surface area contributed by atoms with Crippen LogP contribution in [0.15, 0.2) is 24.4 Å². The summed E-state index contributed by atoms with van der Waals surface area (Å²) in [5.41, 5.74) is 2.49. The highest BCUT2D eigenvalue weighted by atomic mass is 16.6. The maximum atomic E-state index is 11.6. The van der Waals surface area contributed by atoms with Gasteiger partial charge in [0.05, 0.1) is 17.9 Å². The normalized spacial score (nSPS) is 11.8. The summed E-state index contributed by atoms with van der Waals surface area (Å²) >= 11 is 0. The summed E-state index contributed by atoms with van der Waals surface area (Å²) in [6.45, 7) is 8.32. The zero-order chi connectivity index (χ0) is 14.8. The van der Waals surface area contributed by atoms with Gasteiger partial charge in [-0.25, -0.2) is 4.98 Å². The minimum absolute atomic E-state index is 0.191. The lowest BCUT2D eigenvalue weighted by Crippen LogP contribution is -2.31. The van der Waals surface area contributed by atoms with Crippen LogP contribution < -0.4 is 5.32 Å². The van der Waals surface area contributed by atoms with Crippen molar-refractivity contribution in [3.63, 3.8) is 0 Å². The monoisotopic (exact) mass is 275 g/mol. The van der Waals surface area contributed by atoms with Gasteiger partial charge in [-0.3, -0.25) is 4.79 Å². The van der Waals surface area contributed by atoms with Crippen LogP contribution in [0.25, 0.3) is 5.65 Å². The van der Waals surface area contributed by atoms with E-state index in [2.05, 4.69) is 10.3 Å². The summed E-state index contributed by atoms with van der Waals surface area (Å²) in [6.07, 6.45) is 1.97. The second-order valence-electron chi connectivity index (χ2n) is 5.76. The first-order valence-electron chi connectivity index (χ1n) is 6.72. The number of carbonyl (C=O) groups excluding carboxylic acids is 1. The van der Waals surface area contributed by atoms with E-state index in [0.717, 1.165) is 17.0 Å². The zero-order valence-corrected chi connectivity index (χ0v) is 12.4. The number of hydrogen-bond donors (Lipinski definition) is 1. The van der Waals surface area contributed by atoms with Crippen LogP contribution in [0.1, 0.15) is 32.2 Å². The fourth-order valence-corrected chi connectivity index (χ4v) is 2.04. The maximum Gasteiger partial charge on any atom is 0.320 e. The van der Waals surface area contributed by atoms with E-state index < -0.39 is 5.60 Å². The molecule has 0 unspecified atom stereocenters. The van der Waals surface area contributed by atoms with E-state index in [9.17, 15) is 4.79 Å². The van der Waals surface area contributed by atoms with Crippen LogP contribution in [0.3, 0.4) is 0 Å². The first-order chi connectivity index (χ1) is 9.37. The van der Waals surface area contributed by atoms with Crippen LogP contribution in [-0.4, -0.2) is 27.5 Å². The van der Waals surface area contributed by atoms with Crippen LogP contribution in [0, 0.1) is 6.92 Å². The van der Waals surface area contributed by atoms with E-state index in [1.807, 2.05) is 56.5 Å². The van der Waals surface area contributed by atoms with Crippen molar-refractivity contribution in [2.45, 2.75) is 39.8 Å². The Kier molecular flexibility index (Phi) is 4.09. The molecule has 0 saturated carbocycles. The Morgan fingerprint density at radius 2 is 2.15 bits per heavy atom. The Balaban J connectivity index is 1.96. The number of imidazole rings is 1. The summed E-state index contributed by atoms with van der Waals surface area (Å²) in [6, 6.07) is 5.88. The van der Waals surface area contributed by atoms with Crippen molar-refractivity contribution in [3.8, 4) is 0 Å². The quantitative estimate of drug-likeness (QED) is 0.868. The lowest BCUT2D eigenvalue weighted by Gasteiger charge is -2.19. The van der Waals surface area contributed by atoms with Crippen molar-refractivity contribution in [1.82, 2.24) is 14.7 Å². The van der Waals surface area contributed by atoms with Crippen LogP contribution in [0.2, 0.25) is 0 Å². The number of hydrogen-bond acceptors (Lipinski definition) is 4. The van der Waals surface area contributed by atoms with Crippen LogP contribution in [-0.2, 0) is 16.1 Å². The van der Waals surface area contributed by atoms with Crippen molar-refractivity contribution in [2.24, 2.45) is 0 Å². The molecule has 0 radical (unpaired) electrons. The van der Waals surface area contributed by atoms with Gasteiger partial charge in [-0.05, 0) is 39.8 Å². The average Bonchev–Trinajstić information content (AvgIpc) is 2.64. The Bertz CT molecular complexity index is 611. The molecule has 2 rings (SSSR count). The van der Waals surface area contributed by atoms with Crippen molar-refractivity contribution in [2.75, 3.05) is 6.54 Å². The van der Waals surface area contributed by atoms with Crippen LogP contribution in [0.4, 0.5) is 0 Å². The minimum atomic E-state index is -0.446. The number of rotatable bonds is 4. The Morgan fingerprint density at radius 3 is 2.85 bits per heavy atom. The highest BCUT2D eigenvalue weighted by molar-refractivity contribution is 5.72. The van der Waals surface area contributed by atoms with Gasteiger partial charge in [0.25, 0.3) is 0 Å². The van der Waals surface area contributed by atoms with Gasteiger partial charge in [0.15, 0.2) is 0 Å². The minimum Gasteiger partial charge on any atom is -0.459 e. The molecule has 5 heteroatoms. The van der Waals surface area contributed by atoms with Gasteiger partial charge in [-0.1, -0.05) is 6.07 Å². The SMILES string of the molecule is Cc1nc2ccccn2c1CNCC(=O)OC(C)(C)C. The number of aromatic nitrogens is 2. The molecule has 20 heavy (non-hydrogen) atoms. The van der Waals surface area contributed by atoms with Crippen LogP contribution >= 0.6 is 0 Å². The van der Waals surface area contributed by atoms with Gasteiger partial charge in [0.2, 0.25) is 0 Å². The average molecular weight is 275 g/mol. The van der Waals surface area contributed by atoms with Crippen LogP contribution in [0.5, 0.6) is 0 Å². The largest absolute Gasteiger partial charge is 0.459 e. The highest BCUT2D eigenvalue weighted by Crippen LogP contribution is 2.11. The molecule has 0 aliphatic heterocycles. The molecule has 0 bridgehead atoms. The predicted molar refractivity (Wildman–Crippen MR) is 77.5 cm³/mol. The fraction of sp³-hybridized carbons (Fsp3) is 0.467. The number of carbonyl (C=O) groups is 1. The van der Waals surface area contributed by atoms with Crippen molar-refractivity contribution < 1.29 is 9.53 Å². The molecule has 0 amide bonds. The molecule has 0 spiro atoms. The molecule has 0 aliphatic carbocycles. The molecule has 0 atom stereocenters. The number of pyridine rings is 1. The zero-order valence-electron chi connectivity index (χ0n) is 12.4. The third kappa shape index (κ3) is 3.57. The Hall–Kier alpha value is -1.88. The molecule has 0 fully saturated rings. The number of esters is 1. The van der Waals surface area contributed by atoms with Gasteiger partial charge in [-0.15, -0.1) is 0 Å². The smallest absolute Gasteiger partial charge is 0.320 e. The van der Waals surface area contributed by atoms with E-state index in [4.69, 9.17) is 4.74 Å². The second-order valence-corrected chi connectivity index (χ2v) is 5.76. The third-order valence-electron chi connectivity index (χ3n) is 2.81. The number of nitrogens with one attached hydrogen (secondary N) is 1. The molecule has 0 saturated heterocycles. The Labute approximate surface area is 119 Å². The molecule has 0 aliphatic rings. The van der Waals surface area contributed by atoms with E-state index in [1.165, 1.54) is 0 Å². The van der Waals surface area contributed by atoms with Gasteiger partial charge in [-0.2, -0.15) is 0 Å². The highest BCUT2D eigenvalue weighted by Gasteiger charge is 2.16. The van der Waals surface area contributed by atoms with E-state index >= 15 is 0 Å². The molecular formula is C15H21N3O2. The van der Waals surface area contributed by atoms with E-state index in [1.54, 1.807) is 0 Å². The molecule has 0 aromatic carbocycles. The van der Waals surface area contributed by atoms with Gasteiger partial charge in [0, 0.05) is 12.7 Å². The maximum absolute atomic E-state index is 11.6. The molecular weight excluding hydrogens is 254 g/mol. The number of nitrogens with zero attached hydrogens (tertiary/aromatic N) is 2. The van der Waals surface area contributed by atoms with E-state index in [0.29, 0.717) is 6.54 Å². The molecule has 108 valence electrons. The topological polar surface area (TPSA) is 55.6 Å². The lowest BCUT2D eigenvalue weighted by atomic mass is 10.2. The van der Waals surface area contributed by atoms with Gasteiger partial charge in [0.1, 0.15) is 11.2 Å². The lowest BCUT2D eigenvalue weighted by molar-refractivity contribution is -0.153.